The number of aliphatic hydroxyl groups excluding tert-OH is 1. The molecule has 1 fully saturated rings. The average molecular weight is 509 g/mol. The van der Waals surface area contributed by atoms with Gasteiger partial charge in [0, 0.05) is 18.7 Å². The Morgan fingerprint density at radius 3 is 2.41 bits per heavy atom. The monoisotopic (exact) mass is 508 g/mol. The van der Waals surface area contributed by atoms with Gasteiger partial charge in [-0.15, -0.1) is 0 Å². The molecule has 1 aliphatic rings. The summed E-state index contributed by atoms with van der Waals surface area (Å²) < 4.78 is 17.1. The van der Waals surface area contributed by atoms with Crippen LogP contribution in [-0.2, 0) is 9.59 Å². The van der Waals surface area contributed by atoms with Crippen LogP contribution in [0.4, 0.5) is 0 Å². The molecular weight excluding hydrogens is 472 g/mol. The zero-order valence-electron chi connectivity index (χ0n) is 22.0. The summed E-state index contributed by atoms with van der Waals surface area (Å²) in [6.07, 6.45) is 2.51. The fourth-order valence-electron chi connectivity index (χ4n) is 4.08. The lowest BCUT2D eigenvalue weighted by Crippen LogP contribution is -2.35. The number of carbonyl (C=O) groups is 2. The molecule has 1 amide bonds. The fourth-order valence-corrected chi connectivity index (χ4v) is 4.08. The van der Waals surface area contributed by atoms with E-state index < -0.39 is 17.7 Å². The van der Waals surface area contributed by atoms with Gasteiger partial charge in [-0.3, -0.25) is 9.59 Å². The Morgan fingerprint density at radius 2 is 1.78 bits per heavy atom. The van der Waals surface area contributed by atoms with Gasteiger partial charge in [0.2, 0.25) is 0 Å². The predicted molar refractivity (Wildman–Crippen MR) is 143 cm³/mol. The van der Waals surface area contributed by atoms with Crippen LogP contribution in [0.5, 0.6) is 17.2 Å². The summed E-state index contributed by atoms with van der Waals surface area (Å²) in [5.74, 6) is 0.0650. The molecule has 1 unspecified atom stereocenters. The molecule has 1 N–H and O–H groups in total. The van der Waals surface area contributed by atoms with Crippen molar-refractivity contribution in [3.8, 4) is 17.2 Å². The van der Waals surface area contributed by atoms with Crippen LogP contribution in [0.3, 0.4) is 0 Å². The maximum Gasteiger partial charge on any atom is 0.295 e. The number of amides is 1. The van der Waals surface area contributed by atoms with Gasteiger partial charge >= 0.3 is 0 Å². The minimum atomic E-state index is -0.788. The molecule has 1 heterocycles. The first-order valence-electron chi connectivity index (χ1n) is 12.5. The summed E-state index contributed by atoms with van der Waals surface area (Å²) in [5, 5.41) is 11.3. The molecule has 8 nitrogen and oxygen atoms in total. The minimum Gasteiger partial charge on any atom is -0.507 e. The number of ether oxygens (including phenoxy) is 3. The number of Topliss-reactive ketones (excluding diaryl/α,β-unsaturated/α-hetero) is 1. The molecule has 0 saturated carbocycles. The van der Waals surface area contributed by atoms with Crippen molar-refractivity contribution in [1.82, 2.24) is 9.80 Å². The van der Waals surface area contributed by atoms with Crippen molar-refractivity contribution in [3.05, 3.63) is 71.8 Å². The molecule has 2 aromatic carbocycles. The van der Waals surface area contributed by atoms with E-state index in [1.807, 2.05) is 32.8 Å². The molecule has 1 atom stereocenters. The van der Waals surface area contributed by atoms with Gasteiger partial charge < -0.3 is 29.1 Å². The highest BCUT2D eigenvalue weighted by atomic mass is 16.5. The Kier molecular flexibility index (Phi) is 9.74. The van der Waals surface area contributed by atoms with Gasteiger partial charge in [0.25, 0.3) is 11.7 Å². The van der Waals surface area contributed by atoms with Gasteiger partial charge in [-0.25, -0.2) is 0 Å². The summed E-state index contributed by atoms with van der Waals surface area (Å²) in [5.41, 5.74) is 1.10. The topological polar surface area (TPSA) is 88.5 Å². The molecule has 1 saturated heterocycles. The quantitative estimate of drug-likeness (QED) is 0.185. The molecule has 198 valence electrons. The lowest BCUT2D eigenvalue weighted by Gasteiger charge is -2.27. The van der Waals surface area contributed by atoms with Crippen LogP contribution in [-0.4, -0.2) is 73.6 Å². The second kappa shape index (κ2) is 13.0. The number of ketones is 1. The number of benzene rings is 2. The second-order valence-corrected chi connectivity index (χ2v) is 8.91. The molecule has 37 heavy (non-hydrogen) atoms. The Morgan fingerprint density at radius 1 is 1.05 bits per heavy atom. The Labute approximate surface area is 218 Å². The lowest BCUT2D eigenvalue weighted by atomic mass is 9.95. The van der Waals surface area contributed by atoms with Crippen molar-refractivity contribution in [2.24, 2.45) is 0 Å². The molecule has 0 bridgehead atoms. The SMILES string of the molecule is C=CCOc1ccc(C2C(=C(O)c3ccc(OCCC)cc3)C(=O)C(=O)N2CCN(C)C)cc1OCC. The van der Waals surface area contributed by atoms with Crippen molar-refractivity contribution >= 4 is 17.4 Å². The van der Waals surface area contributed by atoms with Crippen LogP contribution in [0.15, 0.2) is 60.7 Å². The van der Waals surface area contributed by atoms with Gasteiger partial charge in [0.15, 0.2) is 11.5 Å². The standard InChI is InChI=1S/C29H36N2O6/c1-6-17-36-22-12-9-20(10-13-22)27(32)25-26(31(16-15-30(4)5)29(34)28(25)33)21-11-14-23(37-18-7-2)24(19-21)35-8-3/h7,9-14,19,26,32H,2,6,8,15-18H2,1,3-5H3. The van der Waals surface area contributed by atoms with Crippen LogP contribution in [0.2, 0.25) is 0 Å². The Hall–Kier alpha value is -3.78. The highest BCUT2D eigenvalue weighted by molar-refractivity contribution is 6.46. The summed E-state index contributed by atoms with van der Waals surface area (Å²) in [6.45, 7) is 9.70. The van der Waals surface area contributed by atoms with Crippen molar-refractivity contribution in [2.45, 2.75) is 26.3 Å². The Balaban J connectivity index is 2.11. The van der Waals surface area contributed by atoms with Crippen molar-refractivity contribution in [3.63, 3.8) is 0 Å². The summed E-state index contributed by atoms with van der Waals surface area (Å²) >= 11 is 0. The maximum absolute atomic E-state index is 13.3. The van der Waals surface area contributed by atoms with Gasteiger partial charge in [0.05, 0.1) is 24.8 Å². The molecule has 3 rings (SSSR count). The predicted octanol–water partition coefficient (Wildman–Crippen LogP) is 4.42. The smallest absolute Gasteiger partial charge is 0.295 e. The summed E-state index contributed by atoms with van der Waals surface area (Å²) in [7, 11) is 3.79. The molecule has 0 aliphatic carbocycles. The molecule has 0 aromatic heterocycles. The van der Waals surface area contributed by atoms with Gasteiger partial charge in [-0.1, -0.05) is 25.6 Å². The van der Waals surface area contributed by atoms with E-state index in [1.165, 1.54) is 4.90 Å². The van der Waals surface area contributed by atoms with Crippen molar-refractivity contribution < 1.29 is 28.9 Å². The van der Waals surface area contributed by atoms with E-state index in [0.29, 0.717) is 61.3 Å². The van der Waals surface area contributed by atoms with E-state index in [0.717, 1.165) is 6.42 Å². The van der Waals surface area contributed by atoms with Crippen LogP contribution in [0.1, 0.15) is 37.4 Å². The number of aliphatic hydroxyl groups is 1. The third-order valence-corrected chi connectivity index (χ3v) is 5.87. The molecular formula is C29H36N2O6. The maximum atomic E-state index is 13.3. The van der Waals surface area contributed by atoms with Gasteiger partial charge in [-0.2, -0.15) is 0 Å². The Bertz CT molecular complexity index is 1140. The molecule has 1 aliphatic heterocycles. The number of hydrogen-bond donors (Lipinski definition) is 1. The zero-order chi connectivity index (χ0) is 26.9. The average Bonchev–Trinajstić information content (AvgIpc) is 3.15. The van der Waals surface area contributed by atoms with E-state index in [-0.39, 0.29) is 11.3 Å². The number of carbonyl (C=O) groups excluding carboxylic acids is 2. The number of likely N-dealkylation sites (tertiary alicyclic amines) is 1. The highest BCUT2D eigenvalue weighted by Gasteiger charge is 2.46. The van der Waals surface area contributed by atoms with E-state index >= 15 is 0 Å². The van der Waals surface area contributed by atoms with E-state index in [1.54, 1.807) is 48.5 Å². The lowest BCUT2D eigenvalue weighted by molar-refractivity contribution is -0.140. The normalized spacial score (nSPS) is 16.8. The molecule has 8 heteroatoms. The van der Waals surface area contributed by atoms with Crippen molar-refractivity contribution in [2.75, 3.05) is 47.0 Å². The van der Waals surface area contributed by atoms with Crippen LogP contribution in [0.25, 0.3) is 5.76 Å². The minimum absolute atomic E-state index is 0.0354. The van der Waals surface area contributed by atoms with Crippen LogP contribution in [0, 0.1) is 0 Å². The number of rotatable bonds is 13. The number of hydrogen-bond acceptors (Lipinski definition) is 7. The van der Waals surface area contributed by atoms with E-state index in [9.17, 15) is 14.7 Å². The number of nitrogens with zero attached hydrogens (tertiary/aromatic N) is 2. The molecule has 0 spiro atoms. The van der Waals surface area contributed by atoms with Crippen LogP contribution >= 0.6 is 0 Å². The summed E-state index contributed by atoms with van der Waals surface area (Å²) in [4.78, 5) is 29.9. The van der Waals surface area contributed by atoms with Gasteiger partial charge in [-0.05, 0) is 69.4 Å². The first kappa shape index (κ1) is 27.8. The second-order valence-electron chi connectivity index (χ2n) is 8.91. The van der Waals surface area contributed by atoms with E-state index in [2.05, 4.69) is 6.58 Å². The third kappa shape index (κ3) is 6.51. The number of likely N-dealkylation sites (N-methyl/N-ethyl adjacent to an activating group) is 1. The molecule has 2 aromatic rings. The summed E-state index contributed by atoms with van der Waals surface area (Å²) in [6, 6.07) is 11.3. The first-order chi connectivity index (χ1) is 17.8. The van der Waals surface area contributed by atoms with E-state index in [4.69, 9.17) is 14.2 Å². The van der Waals surface area contributed by atoms with Gasteiger partial charge in [0.1, 0.15) is 18.1 Å². The fraction of sp³-hybridized carbons (Fsp3) is 0.379. The largest absolute Gasteiger partial charge is 0.507 e. The van der Waals surface area contributed by atoms with Crippen LogP contribution < -0.4 is 14.2 Å². The molecule has 0 radical (unpaired) electrons. The highest BCUT2D eigenvalue weighted by Crippen LogP contribution is 2.42. The third-order valence-electron chi connectivity index (χ3n) is 5.87. The first-order valence-corrected chi connectivity index (χ1v) is 12.5. The van der Waals surface area contributed by atoms with Crippen molar-refractivity contribution in [1.29, 1.82) is 0 Å². The zero-order valence-corrected chi connectivity index (χ0v) is 22.0.